The second-order valence-corrected chi connectivity index (χ2v) is 11.9. The fourth-order valence-corrected chi connectivity index (χ4v) is 5.14. The van der Waals surface area contributed by atoms with Gasteiger partial charge >= 0.3 is 11.9 Å². The second kappa shape index (κ2) is 16.9. The number of benzene rings is 1. The van der Waals surface area contributed by atoms with Gasteiger partial charge in [-0.25, -0.2) is 34.7 Å². The van der Waals surface area contributed by atoms with E-state index in [1.165, 1.54) is 24.8 Å². The number of aliphatic carboxylic acids is 2. The van der Waals surface area contributed by atoms with Gasteiger partial charge in [0.2, 0.25) is 11.9 Å². The molecule has 0 spiro atoms. The van der Waals surface area contributed by atoms with E-state index < -0.39 is 23.9 Å². The van der Waals surface area contributed by atoms with E-state index in [4.69, 9.17) is 46.7 Å². The maximum atomic E-state index is 12.4. The quantitative estimate of drug-likeness (QED) is 0.0936. The lowest BCUT2D eigenvalue weighted by Crippen LogP contribution is -2.41. The van der Waals surface area contributed by atoms with E-state index in [1.54, 1.807) is 24.7 Å². The predicted octanol–water partition coefficient (Wildman–Crippen LogP) is 1.88. The van der Waals surface area contributed by atoms with Crippen molar-refractivity contribution in [2.75, 3.05) is 29.1 Å². The lowest BCUT2D eigenvalue weighted by atomic mass is 10.1. The standard InChI is InChI=1S/C20H22N8O5.C5H5N5S.C5H4N4S/c1-28(9-11-8-23-17-15(24-11)16(21)26-20(22)27-17)12-4-2-10(3-5-12)18(31)25-13(19(32)33)6-7-14(29)30;6-5-9-3-2(4(11)10-5)7-1-8-3;10-5-3-4(7-1-6-3)8-2-9-5/h2-5,8,13H,6-7,9H2,1H3,(H,25,31)(H,29,30)(H,32,33)(H4,21,22,23,26,27);1H,(H4,6,7,8,9,10,11);1-2H,(H2,6,7,8,9,10)/t13-;;/m0../s1. The number of fused-ring (bicyclic) bond motifs is 3. The van der Waals surface area contributed by atoms with E-state index in [0.717, 1.165) is 16.9 Å². The number of carboxylic acid groups (broad SMARTS) is 2. The number of amides is 1. The van der Waals surface area contributed by atoms with Crippen LogP contribution in [0, 0.1) is 9.28 Å². The number of carbonyl (C=O) groups is 3. The molecule has 22 nitrogen and oxygen atoms in total. The van der Waals surface area contributed by atoms with Gasteiger partial charge in [0.25, 0.3) is 5.91 Å². The van der Waals surface area contributed by atoms with Gasteiger partial charge in [0.1, 0.15) is 17.1 Å². The number of hydrogen-bond donors (Lipinski definition) is 10. The fraction of sp³-hybridized carbons (Fsp3) is 0.167. The minimum atomic E-state index is -1.30. The van der Waals surface area contributed by atoms with Crippen LogP contribution in [0.15, 0.2) is 49.4 Å². The normalized spacial score (nSPS) is 11.2. The topological polar surface area (TPSA) is 351 Å². The molecule has 7 rings (SSSR count). The number of hydrogen-bond acceptors (Lipinski definition) is 17. The van der Waals surface area contributed by atoms with E-state index in [9.17, 15) is 19.5 Å². The third-order valence-corrected chi connectivity index (χ3v) is 7.88. The number of H-pyrrole nitrogens is 4. The summed E-state index contributed by atoms with van der Waals surface area (Å²) in [5.41, 5.74) is 21.9. The molecule has 278 valence electrons. The Morgan fingerprint density at radius 2 is 1.52 bits per heavy atom. The minimum Gasteiger partial charge on any atom is -0.481 e. The summed E-state index contributed by atoms with van der Waals surface area (Å²) in [4.78, 5) is 79.7. The minimum absolute atomic E-state index is 0.0138. The van der Waals surface area contributed by atoms with Gasteiger partial charge in [0.05, 0.1) is 37.4 Å². The zero-order chi connectivity index (χ0) is 38.9. The van der Waals surface area contributed by atoms with Crippen molar-refractivity contribution >= 4 is 99.2 Å². The summed E-state index contributed by atoms with van der Waals surface area (Å²) < 4.78 is 0.986. The Balaban J connectivity index is 0.000000212. The average Bonchev–Trinajstić information content (AvgIpc) is 3.82. The van der Waals surface area contributed by atoms with Crippen molar-refractivity contribution in [2.24, 2.45) is 0 Å². The third-order valence-electron chi connectivity index (χ3n) is 7.28. The molecule has 0 aliphatic carbocycles. The van der Waals surface area contributed by atoms with Crippen molar-refractivity contribution in [3.05, 3.63) is 70.0 Å². The maximum Gasteiger partial charge on any atom is 0.326 e. The third kappa shape index (κ3) is 9.56. The Morgan fingerprint density at radius 1 is 0.852 bits per heavy atom. The molecule has 7 aromatic rings. The number of nitrogens with two attached hydrogens (primary N) is 3. The van der Waals surface area contributed by atoms with Gasteiger partial charge < -0.3 is 57.6 Å². The molecule has 0 aliphatic rings. The molecule has 13 N–H and O–H groups in total. The molecule has 0 aliphatic heterocycles. The van der Waals surface area contributed by atoms with Crippen LogP contribution in [-0.4, -0.2) is 101 Å². The summed E-state index contributed by atoms with van der Waals surface area (Å²) in [5, 5.41) is 20.2. The number of carbonyl (C=O) groups excluding carboxylic acids is 1. The zero-order valence-corrected chi connectivity index (χ0v) is 29.6. The Bertz CT molecular complexity index is 2570. The van der Waals surface area contributed by atoms with Gasteiger partial charge in [-0.15, -0.1) is 0 Å². The van der Waals surface area contributed by atoms with E-state index in [0.29, 0.717) is 43.8 Å². The molecule has 6 aromatic heterocycles. The molecule has 1 aromatic carbocycles. The summed E-state index contributed by atoms with van der Waals surface area (Å²) in [7, 11) is 1.82. The highest BCUT2D eigenvalue weighted by molar-refractivity contribution is 7.71. The number of carboxylic acids is 2. The maximum absolute atomic E-state index is 12.4. The SMILES string of the molecule is CN(Cc1cnc2nc(N)nc(N)c2n1)c1ccc(C(=O)N[C@@H](CCC(=O)O)C(=O)O)cc1.Nc1nc(=S)c2[nH]cnc2[nH]1.S=c1nc[nH]c2nc[nH]c12. The molecule has 1 amide bonds. The van der Waals surface area contributed by atoms with E-state index in [1.807, 2.05) is 11.9 Å². The first-order valence-electron chi connectivity index (χ1n) is 15.5. The number of aromatic nitrogens is 12. The van der Waals surface area contributed by atoms with Crippen LogP contribution in [0.2, 0.25) is 0 Å². The lowest BCUT2D eigenvalue weighted by Gasteiger charge is -2.19. The first-order valence-corrected chi connectivity index (χ1v) is 16.3. The van der Waals surface area contributed by atoms with Crippen LogP contribution in [0.4, 0.5) is 23.4 Å². The number of imidazole rings is 2. The Hall–Kier alpha value is -7.21. The van der Waals surface area contributed by atoms with Gasteiger partial charge in [-0.2, -0.15) is 9.97 Å². The van der Waals surface area contributed by atoms with Gasteiger partial charge in [0, 0.05) is 24.7 Å². The van der Waals surface area contributed by atoms with Crippen molar-refractivity contribution in [3.63, 3.8) is 0 Å². The van der Waals surface area contributed by atoms with Gasteiger partial charge in [-0.3, -0.25) is 9.59 Å². The van der Waals surface area contributed by atoms with Crippen LogP contribution in [0.3, 0.4) is 0 Å². The van der Waals surface area contributed by atoms with E-state index in [-0.39, 0.29) is 36.1 Å². The molecule has 6 heterocycles. The Labute approximate surface area is 312 Å². The number of nitrogens with zero attached hydrogens (tertiary/aromatic N) is 9. The van der Waals surface area contributed by atoms with Crippen LogP contribution in [0.25, 0.3) is 33.5 Å². The summed E-state index contributed by atoms with van der Waals surface area (Å²) in [6, 6.07) is 5.16. The number of anilines is 4. The molecular formula is C30H31N17O5S2. The molecular weight excluding hydrogens is 743 g/mol. The van der Waals surface area contributed by atoms with Crippen molar-refractivity contribution < 1.29 is 24.6 Å². The number of rotatable bonds is 9. The van der Waals surface area contributed by atoms with Crippen LogP contribution < -0.4 is 27.4 Å². The van der Waals surface area contributed by atoms with Crippen molar-refractivity contribution in [1.82, 2.24) is 65.1 Å². The largest absolute Gasteiger partial charge is 0.481 e. The monoisotopic (exact) mass is 773 g/mol. The van der Waals surface area contributed by atoms with Gasteiger partial charge in [0.15, 0.2) is 37.6 Å². The highest BCUT2D eigenvalue weighted by Crippen LogP contribution is 2.19. The summed E-state index contributed by atoms with van der Waals surface area (Å²) in [6.45, 7) is 0.370. The summed E-state index contributed by atoms with van der Waals surface area (Å²) in [5.74, 6) is -2.62. The zero-order valence-electron chi connectivity index (χ0n) is 28.0. The fourth-order valence-electron chi connectivity index (χ4n) is 4.68. The molecule has 24 heteroatoms. The molecule has 0 saturated heterocycles. The molecule has 1 atom stereocenters. The first-order chi connectivity index (χ1) is 25.8. The Morgan fingerprint density at radius 3 is 2.19 bits per heavy atom. The number of aromatic amines is 4. The first kappa shape index (κ1) is 38.0. The summed E-state index contributed by atoms with van der Waals surface area (Å²) in [6.07, 6.45) is 5.62. The highest BCUT2D eigenvalue weighted by atomic mass is 32.1. The van der Waals surface area contributed by atoms with Crippen LogP contribution in [0.5, 0.6) is 0 Å². The van der Waals surface area contributed by atoms with E-state index >= 15 is 0 Å². The molecule has 0 fully saturated rings. The Kier molecular flexibility index (Phi) is 11.9. The molecule has 0 saturated carbocycles. The lowest BCUT2D eigenvalue weighted by molar-refractivity contribution is -0.140. The summed E-state index contributed by atoms with van der Waals surface area (Å²) >= 11 is 9.82. The van der Waals surface area contributed by atoms with Crippen molar-refractivity contribution in [3.8, 4) is 0 Å². The molecule has 0 radical (unpaired) electrons. The van der Waals surface area contributed by atoms with Gasteiger partial charge in [-0.05, 0) is 30.7 Å². The van der Waals surface area contributed by atoms with Crippen LogP contribution in [-0.2, 0) is 16.1 Å². The van der Waals surface area contributed by atoms with Crippen LogP contribution in [0.1, 0.15) is 28.9 Å². The number of nitrogen functional groups attached to an aromatic ring is 3. The molecule has 0 bridgehead atoms. The van der Waals surface area contributed by atoms with Crippen LogP contribution >= 0.6 is 24.4 Å². The molecule has 54 heavy (non-hydrogen) atoms. The highest BCUT2D eigenvalue weighted by Gasteiger charge is 2.22. The smallest absolute Gasteiger partial charge is 0.326 e. The average molecular weight is 774 g/mol. The van der Waals surface area contributed by atoms with Crippen molar-refractivity contribution in [2.45, 2.75) is 25.4 Å². The van der Waals surface area contributed by atoms with E-state index in [2.05, 4.69) is 65.1 Å². The van der Waals surface area contributed by atoms with Crippen molar-refractivity contribution in [1.29, 1.82) is 0 Å². The molecule has 0 unspecified atom stereocenters. The predicted molar refractivity (Wildman–Crippen MR) is 201 cm³/mol. The van der Waals surface area contributed by atoms with Gasteiger partial charge in [-0.1, -0.05) is 24.4 Å². The number of nitrogens with one attached hydrogen (secondary N) is 5. The second-order valence-electron chi connectivity index (χ2n) is 11.1.